The van der Waals surface area contributed by atoms with Gasteiger partial charge in [-0.3, -0.25) is 0 Å². The van der Waals surface area contributed by atoms with Crippen molar-refractivity contribution in [1.82, 2.24) is 14.5 Å². The number of aromatic nitrogens is 3. The van der Waals surface area contributed by atoms with Crippen LogP contribution in [-0.4, -0.2) is 21.1 Å². The fourth-order valence-electron chi connectivity index (χ4n) is 3.33. The normalized spacial score (nSPS) is 11.3. The van der Waals surface area contributed by atoms with Crippen LogP contribution < -0.4 is 10.5 Å². The molecule has 0 fully saturated rings. The van der Waals surface area contributed by atoms with E-state index in [1.54, 1.807) is 0 Å². The Bertz CT molecular complexity index is 1040. The zero-order valence-corrected chi connectivity index (χ0v) is 14.9. The van der Waals surface area contributed by atoms with Crippen molar-refractivity contribution < 1.29 is 4.74 Å². The molecule has 5 heteroatoms. The summed E-state index contributed by atoms with van der Waals surface area (Å²) in [5, 5.41) is 1.08. The second-order valence-corrected chi connectivity index (χ2v) is 6.30. The molecule has 2 aromatic carbocycles. The van der Waals surface area contributed by atoms with Crippen molar-refractivity contribution in [3.8, 4) is 5.75 Å². The van der Waals surface area contributed by atoms with E-state index in [9.17, 15) is 0 Å². The van der Waals surface area contributed by atoms with Crippen LogP contribution in [0.25, 0.3) is 21.9 Å². The van der Waals surface area contributed by atoms with Gasteiger partial charge < -0.3 is 15.0 Å². The summed E-state index contributed by atoms with van der Waals surface area (Å²) in [6.45, 7) is 3.45. The van der Waals surface area contributed by atoms with Crippen LogP contribution in [0.1, 0.15) is 19.2 Å². The molecule has 0 aliphatic rings. The van der Waals surface area contributed by atoms with Gasteiger partial charge in [-0.1, -0.05) is 43.3 Å². The number of fused-ring (bicyclic) bond motifs is 3. The first-order chi connectivity index (χ1) is 12.8. The summed E-state index contributed by atoms with van der Waals surface area (Å²) < 4.78 is 8.15. The van der Waals surface area contributed by atoms with Crippen molar-refractivity contribution in [3.05, 3.63) is 60.4 Å². The minimum Gasteiger partial charge on any atom is -0.492 e. The Morgan fingerprint density at radius 3 is 2.58 bits per heavy atom. The average molecular weight is 346 g/mol. The molecule has 132 valence electrons. The molecule has 0 saturated heterocycles. The minimum absolute atomic E-state index is 0.485. The van der Waals surface area contributed by atoms with Crippen LogP contribution >= 0.6 is 0 Å². The Kier molecular flexibility index (Phi) is 4.44. The van der Waals surface area contributed by atoms with E-state index < -0.39 is 0 Å². The molecular weight excluding hydrogens is 324 g/mol. The largest absolute Gasteiger partial charge is 0.492 e. The maximum absolute atomic E-state index is 6.20. The number of pyridine rings is 1. The lowest BCUT2D eigenvalue weighted by Crippen LogP contribution is -2.11. The van der Waals surface area contributed by atoms with Gasteiger partial charge in [0, 0.05) is 11.8 Å². The third-order valence-electron chi connectivity index (χ3n) is 4.49. The number of hydrogen-bond acceptors (Lipinski definition) is 4. The summed E-state index contributed by atoms with van der Waals surface area (Å²) in [7, 11) is 0. The predicted octanol–water partition coefficient (Wildman–Crippen LogP) is 4.20. The van der Waals surface area contributed by atoms with Gasteiger partial charge >= 0.3 is 0 Å². The highest BCUT2D eigenvalue weighted by atomic mass is 16.5. The maximum Gasteiger partial charge on any atom is 0.152 e. The van der Waals surface area contributed by atoms with E-state index in [4.69, 9.17) is 15.5 Å². The van der Waals surface area contributed by atoms with Gasteiger partial charge in [0.05, 0.1) is 17.6 Å². The molecule has 0 radical (unpaired) electrons. The summed E-state index contributed by atoms with van der Waals surface area (Å²) in [6.07, 6.45) is 1.92. The van der Waals surface area contributed by atoms with Crippen molar-refractivity contribution in [2.24, 2.45) is 0 Å². The number of nitrogen functional groups attached to an aromatic ring is 1. The van der Waals surface area contributed by atoms with E-state index >= 15 is 0 Å². The summed E-state index contributed by atoms with van der Waals surface area (Å²) in [4.78, 5) is 9.31. The molecule has 26 heavy (non-hydrogen) atoms. The first-order valence-electron chi connectivity index (χ1n) is 8.99. The lowest BCUT2D eigenvalue weighted by molar-refractivity contribution is 0.298. The average Bonchev–Trinajstić information content (AvgIpc) is 3.02. The van der Waals surface area contributed by atoms with Crippen LogP contribution in [0, 0.1) is 0 Å². The van der Waals surface area contributed by atoms with Gasteiger partial charge in [-0.25, -0.2) is 9.97 Å². The third-order valence-corrected chi connectivity index (χ3v) is 4.49. The van der Waals surface area contributed by atoms with Crippen molar-refractivity contribution in [2.75, 3.05) is 12.3 Å². The van der Waals surface area contributed by atoms with Gasteiger partial charge in [0.2, 0.25) is 0 Å². The van der Waals surface area contributed by atoms with Gasteiger partial charge in [0.15, 0.2) is 5.82 Å². The number of anilines is 1. The molecule has 0 spiro atoms. The monoisotopic (exact) mass is 346 g/mol. The molecule has 4 rings (SSSR count). The summed E-state index contributed by atoms with van der Waals surface area (Å²) >= 11 is 0. The van der Waals surface area contributed by atoms with E-state index in [1.807, 2.05) is 48.5 Å². The lowest BCUT2D eigenvalue weighted by atomic mass is 10.2. The van der Waals surface area contributed by atoms with Crippen LogP contribution in [0.2, 0.25) is 0 Å². The van der Waals surface area contributed by atoms with E-state index in [2.05, 4.69) is 22.5 Å². The zero-order chi connectivity index (χ0) is 17.9. The van der Waals surface area contributed by atoms with Gasteiger partial charge in [0.25, 0.3) is 0 Å². The number of benzene rings is 2. The molecule has 2 N–H and O–H groups in total. The minimum atomic E-state index is 0.485. The number of para-hydroxylation sites is 2. The molecule has 5 nitrogen and oxygen atoms in total. The number of hydrogen-bond donors (Lipinski definition) is 1. The summed E-state index contributed by atoms with van der Waals surface area (Å²) in [5.74, 6) is 2.39. The smallest absolute Gasteiger partial charge is 0.152 e. The molecule has 0 atom stereocenters. The van der Waals surface area contributed by atoms with Crippen LogP contribution in [0.5, 0.6) is 5.75 Å². The lowest BCUT2D eigenvalue weighted by Gasteiger charge is -2.12. The maximum atomic E-state index is 6.20. The topological polar surface area (TPSA) is 66.0 Å². The van der Waals surface area contributed by atoms with E-state index in [1.165, 1.54) is 0 Å². The van der Waals surface area contributed by atoms with Crippen molar-refractivity contribution >= 4 is 27.8 Å². The van der Waals surface area contributed by atoms with E-state index in [0.29, 0.717) is 19.0 Å². The van der Waals surface area contributed by atoms with Crippen LogP contribution in [0.15, 0.2) is 54.6 Å². The van der Waals surface area contributed by atoms with E-state index in [0.717, 1.165) is 46.4 Å². The zero-order valence-electron chi connectivity index (χ0n) is 14.9. The number of aryl methyl sites for hydroxylation is 1. The summed E-state index contributed by atoms with van der Waals surface area (Å²) in [6, 6.07) is 17.9. The Hall–Kier alpha value is -3.08. The second-order valence-electron chi connectivity index (χ2n) is 6.30. The van der Waals surface area contributed by atoms with Crippen LogP contribution in [-0.2, 0) is 13.0 Å². The highest BCUT2D eigenvalue weighted by molar-refractivity contribution is 6.06. The highest BCUT2D eigenvalue weighted by Crippen LogP contribution is 2.29. The fraction of sp³-hybridized carbons (Fsp3) is 0.238. The first kappa shape index (κ1) is 16.4. The fourth-order valence-corrected chi connectivity index (χ4v) is 3.33. The third kappa shape index (κ3) is 2.96. The van der Waals surface area contributed by atoms with Gasteiger partial charge in [-0.2, -0.15) is 0 Å². The number of nitrogens with zero attached hydrogens (tertiary/aromatic N) is 3. The molecule has 2 heterocycles. The quantitative estimate of drug-likeness (QED) is 0.568. The molecule has 2 aromatic heterocycles. The molecule has 0 saturated carbocycles. The Labute approximate surface area is 152 Å². The summed E-state index contributed by atoms with van der Waals surface area (Å²) in [5.41, 5.74) is 8.93. The number of imidazole rings is 1. The number of rotatable bonds is 6. The highest BCUT2D eigenvalue weighted by Gasteiger charge is 2.16. The first-order valence-corrected chi connectivity index (χ1v) is 8.99. The second kappa shape index (κ2) is 7.04. The van der Waals surface area contributed by atoms with E-state index in [-0.39, 0.29) is 0 Å². The molecule has 0 aliphatic heterocycles. The molecule has 4 aromatic rings. The van der Waals surface area contributed by atoms with Gasteiger partial charge in [0.1, 0.15) is 23.7 Å². The van der Waals surface area contributed by atoms with Crippen molar-refractivity contribution in [2.45, 2.75) is 26.3 Å². The molecule has 0 aliphatic carbocycles. The van der Waals surface area contributed by atoms with Gasteiger partial charge in [-0.15, -0.1) is 0 Å². The SMILES string of the molecule is CCCc1nc2c(N)nc3ccccc3c2n1CCOc1ccccc1. The van der Waals surface area contributed by atoms with Crippen molar-refractivity contribution in [3.63, 3.8) is 0 Å². The van der Waals surface area contributed by atoms with Crippen LogP contribution in [0.4, 0.5) is 5.82 Å². The van der Waals surface area contributed by atoms with Crippen molar-refractivity contribution in [1.29, 1.82) is 0 Å². The Balaban J connectivity index is 1.76. The standard InChI is InChI=1S/C21H22N4O/c1-2-8-18-24-19-20(16-11-6-7-12-17(16)23-21(19)22)25(18)13-14-26-15-9-4-3-5-10-15/h3-7,9-12H,2,8,13-14H2,1H3,(H2,22,23). The molecule has 0 amide bonds. The van der Waals surface area contributed by atoms with Crippen LogP contribution in [0.3, 0.4) is 0 Å². The number of ether oxygens (including phenoxy) is 1. The molecule has 0 bridgehead atoms. The molecule has 0 unspecified atom stereocenters. The Morgan fingerprint density at radius 2 is 1.77 bits per heavy atom. The predicted molar refractivity (Wildman–Crippen MR) is 105 cm³/mol. The molecular formula is C21H22N4O. The Morgan fingerprint density at radius 1 is 1.00 bits per heavy atom. The number of nitrogens with two attached hydrogens (primary N) is 1. The van der Waals surface area contributed by atoms with Gasteiger partial charge in [-0.05, 0) is 24.6 Å².